The van der Waals surface area contributed by atoms with E-state index >= 15 is 0 Å². The summed E-state index contributed by atoms with van der Waals surface area (Å²) in [6.07, 6.45) is 5.83. The molecular formula is C30H34N4O4. The first-order valence-corrected chi connectivity index (χ1v) is 12.8. The highest BCUT2D eigenvalue weighted by atomic mass is 16.5. The van der Waals surface area contributed by atoms with E-state index in [9.17, 15) is 9.59 Å². The molecule has 2 amide bonds. The topological polar surface area (TPSA) is 87.8 Å². The van der Waals surface area contributed by atoms with Crippen molar-refractivity contribution >= 4 is 22.7 Å². The number of rotatable bonds is 13. The van der Waals surface area contributed by atoms with Crippen LogP contribution in [0.15, 0.2) is 79.3 Å². The smallest absolute Gasteiger partial charge is 0.254 e. The largest absolute Gasteiger partial charge is 0.494 e. The Morgan fingerprint density at radius 3 is 2.45 bits per heavy atom. The zero-order valence-electron chi connectivity index (χ0n) is 21.9. The highest BCUT2D eigenvalue weighted by Gasteiger charge is 2.23. The van der Waals surface area contributed by atoms with Crippen LogP contribution in [0.3, 0.4) is 0 Å². The molecule has 0 atom stereocenters. The van der Waals surface area contributed by atoms with Crippen molar-refractivity contribution in [3.63, 3.8) is 0 Å². The highest BCUT2D eigenvalue weighted by Crippen LogP contribution is 2.20. The third-order valence-electron chi connectivity index (χ3n) is 6.39. The van der Waals surface area contributed by atoms with Crippen LogP contribution >= 0.6 is 0 Å². The van der Waals surface area contributed by atoms with Crippen molar-refractivity contribution in [2.45, 2.75) is 19.9 Å². The van der Waals surface area contributed by atoms with E-state index in [1.807, 2.05) is 60.5 Å². The maximum absolute atomic E-state index is 13.7. The Morgan fingerprint density at radius 1 is 0.947 bits per heavy atom. The van der Waals surface area contributed by atoms with E-state index in [-0.39, 0.29) is 18.4 Å². The van der Waals surface area contributed by atoms with E-state index in [0.29, 0.717) is 44.8 Å². The molecule has 0 fully saturated rings. The minimum absolute atomic E-state index is 0.0462. The van der Waals surface area contributed by atoms with Gasteiger partial charge in [0, 0.05) is 61.8 Å². The van der Waals surface area contributed by atoms with Gasteiger partial charge in [-0.25, -0.2) is 0 Å². The number of hydrogen-bond acceptors (Lipinski definition) is 5. The lowest BCUT2D eigenvalue weighted by molar-refractivity contribution is -0.132. The molecule has 0 aliphatic heterocycles. The number of para-hydroxylation sites is 1. The van der Waals surface area contributed by atoms with E-state index in [0.717, 1.165) is 27.8 Å². The molecule has 0 radical (unpaired) electrons. The molecule has 2 heterocycles. The van der Waals surface area contributed by atoms with Crippen LogP contribution in [0.1, 0.15) is 28.4 Å². The van der Waals surface area contributed by atoms with Crippen molar-refractivity contribution in [3.05, 3.63) is 95.9 Å². The van der Waals surface area contributed by atoms with Crippen LogP contribution < -0.4 is 4.74 Å². The molecule has 4 aromatic rings. The first kappa shape index (κ1) is 26.9. The Morgan fingerprint density at radius 2 is 1.71 bits per heavy atom. The van der Waals surface area contributed by atoms with E-state index in [4.69, 9.17) is 9.47 Å². The van der Waals surface area contributed by atoms with Crippen LogP contribution in [-0.4, -0.2) is 71.5 Å². The number of carbonyl (C=O) groups is 2. The standard InChI is InChI=1S/C30H34N4O4/c1-3-38-26-10-8-23(9-11-26)21-33(17-14-25-20-32-28-7-5-4-6-27(25)28)29(35)22-34(18-19-37-2)30(36)24-12-15-31-16-13-24/h4-13,15-16,20,32H,3,14,17-19,21-22H2,1-2H3. The molecule has 0 spiro atoms. The minimum atomic E-state index is -0.226. The number of hydrogen-bond donors (Lipinski definition) is 1. The molecule has 0 aliphatic rings. The molecule has 0 saturated carbocycles. The van der Waals surface area contributed by atoms with Gasteiger partial charge in [0.2, 0.25) is 5.91 Å². The molecule has 2 aromatic heterocycles. The quantitative estimate of drug-likeness (QED) is 0.287. The summed E-state index contributed by atoms with van der Waals surface area (Å²) in [6.45, 7) is 4.07. The molecule has 198 valence electrons. The molecule has 0 bridgehead atoms. The van der Waals surface area contributed by atoms with E-state index in [2.05, 4.69) is 16.0 Å². The molecule has 8 heteroatoms. The Hall–Kier alpha value is -4.17. The van der Waals surface area contributed by atoms with Crippen LogP contribution in [-0.2, 0) is 22.5 Å². The van der Waals surface area contributed by atoms with Gasteiger partial charge in [0.1, 0.15) is 12.3 Å². The fraction of sp³-hybridized carbons (Fsp3) is 0.300. The monoisotopic (exact) mass is 514 g/mol. The summed E-state index contributed by atoms with van der Waals surface area (Å²) in [4.78, 5) is 37.6. The second-order valence-electron chi connectivity index (χ2n) is 8.96. The number of amides is 2. The average molecular weight is 515 g/mol. The van der Waals surface area contributed by atoms with Crippen molar-refractivity contribution < 1.29 is 19.1 Å². The number of methoxy groups -OCH3 is 1. The Labute approximate surface area is 223 Å². The number of aromatic amines is 1. The Bertz CT molecular complexity index is 1320. The van der Waals surface area contributed by atoms with Gasteiger partial charge in [0.25, 0.3) is 5.91 Å². The van der Waals surface area contributed by atoms with Gasteiger partial charge in [-0.2, -0.15) is 0 Å². The molecule has 0 aliphatic carbocycles. The van der Waals surface area contributed by atoms with Crippen molar-refractivity contribution in [1.82, 2.24) is 19.8 Å². The van der Waals surface area contributed by atoms with Gasteiger partial charge in [-0.05, 0) is 54.8 Å². The van der Waals surface area contributed by atoms with Gasteiger partial charge in [-0.1, -0.05) is 30.3 Å². The second kappa shape index (κ2) is 13.4. The second-order valence-corrected chi connectivity index (χ2v) is 8.96. The number of benzene rings is 2. The predicted molar refractivity (Wildman–Crippen MR) is 147 cm³/mol. The third kappa shape index (κ3) is 6.98. The van der Waals surface area contributed by atoms with Gasteiger partial charge in [0.15, 0.2) is 0 Å². The molecule has 1 N–H and O–H groups in total. The summed E-state index contributed by atoms with van der Waals surface area (Å²) in [6, 6.07) is 19.2. The van der Waals surface area contributed by atoms with Crippen LogP contribution in [0.5, 0.6) is 5.75 Å². The Kier molecular flexibility index (Phi) is 9.48. The first-order valence-electron chi connectivity index (χ1n) is 12.8. The van der Waals surface area contributed by atoms with Crippen LogP contribution in [0.25, 0.3) is 10.9 Å². The number of nitrogens with zero attached hydrogens (tertiary/aromatic N) is 3. The molecule has 0 saturated heterocycles. The normalized spacial score (nSPS) is 10.9. The SMILES string of the molecule is CCOc1ccc(CN(CCc2c[nH]c3ccccc23)C(=O)CN(CCOC)C(=O)c2ccncc2)cc1. The Balaban J connectivity index is 1.53. The zero-order chi connectivity index (χ0) is 26.7. The summed E-state index contributed by atoms with van der Waals surface area (Å²) in [5.74, 6) is 0.439. The maximum Gasteiger partial charge on any atom is 0.254 e. The number of nitrogens with one attached hydrogen (secondary N) is 1. The lowest BCUT2D eigenvalue weighted by Crippen LogP contribution is -2.44. The lowest BCUT2D eigenvalue weighted by atomic mass is 10.1. The molecule has 4 rings (SSSR count). The molecule has 38 heavy (non-hydrogen) atoms. The summed E-state index contributed by atoms with van der Waals surface area (Å²) >= 11 is 0. The number of aromatic nitrogens is 2. The summed E-state index contributed by atoms with van der Waals surface area (Å²) < 4.78 is 10.8. The zero-order valence-corrected chi connectivity index (χ0v) is 21.9. The van der Waals surface area contributed by atoms with Gasteiger partial charge in [-0.15, -0.1) is 0 Å². The number of pyridine rings is 1. The molecule has 8 nitrogen and oxygen atoms in total. The minimum Gasteiger partial charge on any atom is -0.494 e. The lowest BCUT2D eigenvalue weighted by Gasteiger charge is -2.28. The average Bonchev–Trinajstić information content (AvgIpc) is 3.37. The van der Waals surface area contributed by atoms with E-state index in [1.54, 1.807) is 31.6 Å². The van der Waals surface area contributed by atoms with Gasteiger partial charge < -0.3 is 24.3 Å². The van der Waals surface area contributed by atoms with E-state index < -0.39 is 0 Å². The van der Waals surface area contributed by atoms with Crippen molar-refractivity contribution in [1.29, 1.82) is 0 Å². The number of H-pyrrole nitrogens is 1. The third-order valence-corrected chi connectivity index (χ3v) is 6.39. The van der Waals surface area contributed by atoms with Crippen molar-refractivity contribution in [2.75, 3.05) is 40.0 Å². The van der Waals surface area contributed by atoms with Gasteiger partial charge >= 0.3 is 0 Å². The van der Waals surface area contributed by atoms with Crippen LogP contribution in [0, 0.1) is 0 Å². The predicted octanol–water partition coefficient (Wildman–Crippen LogP) is 4.32. The fourth-order valence-electron chi connectivity index (χ4n) is 4.36. The summed E-state index contributed by atoms with van der Waals surface area (Å²) in [7, 11) is 1.58. The van der Waals surface area contributed by atoms with Crippen LogP contribution in [0.4, 0.5) is 0 Å². The number of ether oxygens (including phenoxy) is 2. The van der Waals surface area contributed by atoms with Crippen molar-refractivity contribution in [2.24, 2.45) is 0 Å². The summed E-state index contributed by atoms with van der Waals surface area (Å²) in [5.41, 5.74) is 3.69. The van der Waals surface area contributed by atoms with E-state index in [1.165, 1.54) is 4.90 Å². The molecular weight excluding hydrogens is 480 g/mol. The van der Waals surface area contributed by atoms with Crippen LogP contribution in [0.2, 0.25) is 0 Å². The molecule has 2 aromatic carbocycles. The first-order chi connectivity index (χ1) is 18.6. The molecule has 0 unspecified atom stereocenters. The van der Waals surface area contributed by atoms with Gasteiger partial charge in [0.05, 0.1) is 13.2 Å². The number of carbonyl (C=O) groups excluding carboxylic acids is 2. The summed E-state index contributed by atoms with van der Waals surface area (Å²) in [5, 5.41) is 1.15. The highest BCUT2D eigenvalue weighted by molar-refractivity contribution is 5.96. The maximum atomic E-state index is 13.7. The van der Waals surface area contributed by atoms with Crippen molar-refractivity contribution in [3.8, 4) is 5.75 Å². The van der Waals surface area contributed by atoms with Gasteiger partial charge in [-0.3, -0.25) is 14.6 Å². The number of fused-ring (bicyclic) bond motifs is 1. The fourth-order valence-corrected chi connectivity index (χ4v) is 4.36.